The standard InChI is InChI=1S/C10H7NO2.K/c11-7-9(6-10(12)13)8-4-2-1-3-5-8;/h1-6H,(H,12,13);/q;+1/p-1. The minimum absolute atomic E-state index is 0. The largest absolute Gasteiger partial charge is 1.00 e. The average Bonchev–Trinajstić information content (AvgIpc) is 2.15. The van der Waals surface area contributed by atoms with Crippen LogP contribution in [0.15, 0.2) is 36.4 Å². The van der Waals surface area contributed by atoms with Crippen LogP contribution in [0.1, 0.15) is 5.56 Å². The van der Waals surface area contributed by atoms with E-state index in [9.17, 15) is 9.90 Å². The van der Waals surface area contributed by atoms with Crippen LogP contribution in [0.4, 0.5) is 0 Å². The Kier molecular flexibility index (Phi) is 6.71. The van der Waals surface area contributed by atoms with Crippen molar-refractivity contribution >= 4 is 11.5 Å². The number of rotatable bonds is 2. The van der Waals surface area contributed by atoms with E-state index in [1.54, 1.807) is 36.4 Å². The molecule has 0 aromatic heterocycles. The van der Waals surface area contributed by atoms with Crippen LogP contribution >= 0.6 is 0 Å². The molecule has 0 bridgehead atoms. The molecule has 0 aliphatic carbocycles. The molecule has 64 valence electrons. The quantitative estimate of drug-likeness (QED) is 0.305. The Morgan fingerprint density at radius 3 is 2.36 bits per heavy atom. The summed E-state index contributed by atoms with van der Waals surface area (Å²) in [6.07, 6.45) is 0.787. The van der Waals surface area contributed by atoms with Gasteiger partial charge in [0.2, 0.25) is 0 Å². The zero-order valence-corrected chi connectivity index (χ0v) is 10.9. The maximum absolute atomic E-state index is 10.2. The van der Waals surface area contributed by atoms with E-state index < -0.39 is 5.97 Å². The van der Waals surface area contributed by atoms with Gasteiger partial charge in [-0.1, -0.05) is 30.3 Å². The van der Waals surface area contributed by atoms with Crippen molar-refractivity contribution in [2.75, 3.05) is 0 Å². The monoisotopic (exact) mass is 211 g/mol. The van der Waals surface area contributed by atoms with Gasteiger partial charge in [-0.3, -0.25) is 0 Å². The number of allylic oxidation sites excluding steroid dienone is 1. The maximum Gasteiger partial charge on any atom is 1.00 e. The van der Waals surface area contributed by atoms with Crippen LogP contribution in [0, 0.1) is 11.3 Å². The molecule has 0 aliphatic rings. The van der Waals surface area contributed by atoms with Crippen molar-refractivity contribution in [3.05, 3.63) is 42.0 Å². The summed E-state index contributed by atoms with van der Waals surface area (Å²) in [7, 11) is 0. The SMILES string of the molecule is N#CC(=CC(=O)[O-])c1ccccc1.[K+]. The molecule has 0 atom stereocenters. The second-order valence-electron chi connectivity index (χ2n) is 2.35. The van der Waals surface area contributed by atoms with Gasteiger partial charge in [-0.2, -0.15) is 5.26 Å². The van der Waals surface area contributed by atoms with Crippen LogP contribution in [0.3, 0.4) is 0 Å². The molecule has 0 saturated carbocycles. The van der Waals surface area contributed by atoms with Crippen molar-refractivity contribution in [1.29, 1.82) is 5.26 Å². The van der Waals surface area contributed by atoms with Gasteiger partial charge >= 0.3 is 51.4 Å². The number of carboxylic acid groups (broad SMARTS) is 1. The number of carboxylic acids is 1. The molecule has 0 radical (unpaired) electrons. The number of benzene rings is 1. The van der Waals surface area contributed by atoms with Crippen molar-refractivity contribution < 1.29 is 61.3 Å². The zero-order valence-electron chi connectivity index (χ0n) is 7.73. The Bertz CT molecular complexity index is 379. The number of aliphatic carboxylic acids is 1. The Morgan fingerprint density at radius 1 is 1.36 bits per heavy atom. The fourth-order valence-corrected chi connectivity index (χ4v) is 0.916. The van der Waals surface area contributed by atoms with Crippen molar-refractivity contribution in [2.24, 2.45) is 0 Å². The van der Waals surface area contributed by atoms with Gasteiger partial charge in [0.05, 0.1) is 17.6 Å². The molecule has 14 heavy (non-hydrogen) atoms. The number of hydrogen-bond donors (Lipinski definition) is 0. The molecule has 0 aliphatic heterocycles. The van der Waals surface area contributed by atoms with E-state index in [2.05, 4.69) is 0 Å². The summed E-state index contributed by atoms with van der Waals surface area (Å²) in [6.45, 7) is 0. The number of carbonyl (C=O) groups excluding carboxylic acids is 1. The molecule has 0 amide bonds. The predicted molar refractivity (Wildman–Crippen MR) is 45.0 cm³/mol. The van der Waals surface area contributed by atoms with Gasteiger partial charge < -0.3 is 9.90 Å². The Balaban J connectivity index is 0.00000169. The Morgan fingerprint density at radius 2 is 1.93 bits per heavy atom. The third-order valence-electron chi connectivity index (χ3n) is 1.47. The first-order chi connectivity index (χ1) is 6.24. The summed E-state index contributed by atoms with van der Waals surface area (Å²) in [5.41, 5.74) is 0.676. The fourth-order valence-electron chi connectivity index (χ4n) is 0.916. The summed E-state index contributed by atoms with van der Waals surface area (Å²) in [5, 5.41) is 18.8. The van der Waals surface area contributed by atoms with E-state index in [0.717, 1.165) is 6.08 Å². The first-order valence-corrected chi connectivity index (χ1v) is 3.62. The molecular formula is C10H6KNO2. The molecule has 4 heteroatoms. The van der Waals surface area contributed by atoms with E-state index in [-0.39, 0.29) is 57.0 Å². The number of carbonyl (C=O) groups is 1. The summed E-state index contributed by atoms with van der Waals surface area (Å²) >= 11 is 0. The molecule has 3 nitrogen and oxygen atoms in total. The van der Waals surface area contributed by atoms with Crippen LogP contribution in [-0.2, 0) is 4.79 Å². The molecule has 1 aromatic carbocycles. The minimum atomic E-state index is -1.36. The topological polar surface area (TPSA) is 63.9 Å². The van der Waals surface area contributed by atoms with Gasteiger partial charge in [0, 0.05) is 0 Å². The fraction of sp³-hybridized carbons (Fsp3) is 0. The first kappa shape index (κ1) is 13.6. The minimum Gasteiger partial charge on any atom is -0.545 e. The van der Waals surface area contributed by atoms with Gasteiger partial charge in [-0.15, -0.1) is 0 Å². The third-order valence-corrected chi connectivity index (χ3v) is 1.47. The van der Waals surface area contributed by atoms with E-state index in [4.69, 9.17) is 5.26 Å². The normalized spacial score (nSPS) is 9.79. The molecular weight excluding hydrogens is 205 g/mol. The molecule has 1 rings (SSSR count). The molecule has 0 fully saturated rings. The molecule has 0 unspecified atom stereocenters. The van der Waals surface area contributed by atoms with Crippen LogP contribution in [0.2, 0.25) is 0 Å². The summed E-state index contributed by atoms with van der Waals surface area (Å²) in [5.74, 6) is -1.36. The summed E-state index contributed by atoms with van der Waals surface area (Å²) in [6, 6.07) is 10.4. The number of nitriles is 1. The third kappa shape index (κ3) is 4.18. The van der Waals surface area contributed by atoms with Crippen molar-refractivity contribution in [1.82, 2.24) is 0 Å². The Hall–Kier alpha value is -0.444. The van der Waals surface area contributed by atoms with E-state index in [0.29, 0.717) is 5.56 Å². The van der Waals surface area contributed by atoms with Gasteiger partial charge in [0.1, 0.15) is 0 Å². The molecule has 0 N–H and O–H groups in total. The molecule has 1 aromatic rings. The summed E-state index contributed by atoms with van der Waals surface area (Å²) < 4.78 is 0. The van der Waals surface area contributed by atoms with E-state index >= 15 is 0 Å². The van der Waals surface area contributed by atoms with Crippen LogP contribution < -0.4 is 56.5 Å². The van der Waals surface area contributed by atoms with Gasteiger partial charge in [0.15, 0.2) is 0 Å². The van der Waals surface area contributed by atoms with Crippen LogP contribution in [-0.4, -0.2) is 5.97 Å². The predicted octanol–water partition coefficient (Wildman–Crippen LogP) is -2.65. The van der Waals surface area contributed by atoms with Gasteiger partial charge in [-0.05, 0) is 11.6 Å². The maximum atomic E-state index is 10.2. The van der Waals surface area contributed by atoms with Crippen LogP contribution in [0.5, 0.6) is 0 Å². The smallest absolute Gasteiger partial charge is 0.545 e. The molecule has 0 heterocycles. The number of hydrogen-bond acceptors (Lipinski definition) is 3. The van der Waals surface area contributed by atoms with Crippen LogP contribution in [0.25, 0.3) is 5.57 Å². The van der Waals surface area contributed by atoms with Crippen molar-refractivity contribution in [3.8, 4) is 6.07 Å². The second kappa shape index (κ2) is 6.93. The summed E-state index contributed by atoms with van der Waals surface area (Å²) in [4.78, 5) is 10.2. The van der Waals surface area contributed by atoms with Crippen molar-refractivity contribution in [3.63, 3.8) is 0 Å². The second-order valence-corrected chi connectivity index (χ2v) is 2.35. The van der Waals surface area contributed by atoms with Crippen molar-refractivity contribution in [2.45, 2.75) is 0 Å². The van der Waals surface area contributed by atoms with E-state index in [1.165, 1.54) is 0 Å². The molecule has 0 saturated heterocycles. The van der Waals surface area contributed by atoms with E-state index in [1.807, 2.05) is 0 Å². The van der Waals surface area contributed by atoms with Gasteiger partial charge in [-0.25, -0.2) is 0 Å². The van der Waals surface area contributed by atoms with Gasteiger partial charge in [0.25, 0.3) is 0 Å². The Labute approximate surface area is 124 Å². The zero-order chi connectivity index (χ0) is 9.68. The average molecular weight is 211 g/mol. The first-order valence-electron chi connectivity index (χ1n) is 3.62. The number of nitrogens with zero attached hydrogens (tertiary/aromatic N) is 1. The molecule has 0 spiro atoms.